The lowest BCUT2D eigenvalue weighted by Crippen LogP contribution is -2.48. The number of primary amides is 1. The fourth-order valence-corrected chi connectivity index (χ4v) is 9.27. The third-order valence-electron chi connectivity index (χ3n) is 10.3. The topological polar surface area (TPSA) is 242 Å². The molecule has 1 aliphatic rings. The quantitative estimate of drug-likeness (QED) is 0.0333. The predicted octanol–water partition coefficient (Wildman–Crippen LogP) is 5.86. The molecule has 1 aromatic rings. The molecule has 14 nitrogen and oxygen atoms in total. The Morgan fingerprint density at radius 2 is 1.21 bits per heavy atom. The molecule has 0 aromatic heterocycles. The Balaban J connectivity index is 1.59. The minimum atomic E-state index is -1.24. The van der Waals surface area contributed by atoms with Gasteiger partial charge in [-0.15, -0.1) is 0 Å². The summed E-state index contributed by atoms with van der Waals surface area (Å²) < 4.78 is 0. The van der Waals surface area contributed by atoms with E-state index in [4.69, 9.17) is 10.8 Å². The number of amides is 3. The third kappa shape index (κ3) is 23.7. The van der Waals surface area contributed by atoms with E-state index in [1.54, 1.807) is 12.1 Å². The summed E-state index contributed by atoms with van der Waals surface area (Å²) in [6, 6.07) is 3.34. The summed E-state index contributed by atoms with van der Waals surface area (Å²) in [5.74, 6) is -3.98. The number of rotatable bonds is 32. The first-order valence-corrected chi connectivity index (χ1v) is 23.5. The average Bonchev–Trinajstić information content (AvgIpc) is 3.17. The zero-order valence-corrected chi connectivity index (χ0v) is 35.5. The molecule has 0 spiro atoms. The number of aliphatic carboxylic acids is 2. The van der Waals surface area contributed by atoms with Crippen molar-refractivity contribution in [1.82, 2.24) is 16.0 Å². The monoisotopic (exact) mass is 850 g/mol. The molecule has 1 fully saturated rings. The molecular weight excluding hydrogens is 785 g/mol. The molecule has 1 aromatic carbocycles. The number of carboxylic acid groups (broad SMARTS) is 2. The lowest BCUT2D eigenvalue weighted by molar-refractivity contribution is -0.142. The third-order valence-corrected chi connectivity index (χ3v) is 12.8. The number of phenols is 1. The van der Waals surface area contributed by atoms with E-state index in [1.165, 1.54) is 85.1 Å². The smallest absolute Gasteiger partial charge is 0.326 e. The summed E-state index contributed by atoms with van der Waals surface area (Å²) in [6.45, 7) is -0.182. The summed E-state index contributed by atoms with van der Waals surface area (Å²) in [5.41, 5.74) is 6.28. The number of phenolic OH excluding ortho intramolecular Hbond substituents is 1. The van der Waals surface area contributed by atoms with E-state index in [0.29, 0.717) is 12.2 Å². The number of hydrogen-bond donors (Lipinski definition) is 7. The van der Waals surface area contributed by atoms with Crippen LogP contribution in [-0.4, -0.2) is 92.7 Å². The van der Waals surface area contributed by atoms with E-state index < -0.39 is 47.8 Å². The first-order chi connectivity index (χ1) is 27.8. The van der Waals surface area contributed by atoms with Crippen LogP contribution in [0.3, 0.4) is 0 Å². The van der Waals surface area contributed by atoms with E-state index >= 15 is 0 Å². The summed E-state index contributed by atoms with van der Waals surface area (Å²) in [7, 11) is 2.75. The predicted molar refractivity (Wildman–Crippen MR) is 227 cm³/mol. The van der Waals surface area contributed by atoms with Gasteiger partial charge in [-0.05, 0) is 43.4 Å². The van der Waals surface area contributed by atoms with Gasteiger partial charge in [0.05, 0.1) is 18.6 Å². The molecule has 1 aliphatic heterocycles. The second-order valence-corrected chi connectivity index (χ2v) is 17.8. The highest BCUT2D eigenvalue weighted by Gasteiger charge is 2.31. The van der Waals surface area contributed by atoms with Crippen molar-refractivity contribution in [3.63, 3.8) is 0 Å². The highest BCUT2D eigenvalue weighted by atomic mass is 33.1. The molecule has 1 saturated heterocycles. The number of aromatic hydroxyl groups is 1. The number of nitrogens with one attached hydrogen (secondary N) is 3. The molecule has 1 unspecified atom stereocenters. The van der Waals surface area contributed by atoms with Gasteiger partial charge >= 0.3 is 11.9 Å². The highest BCUT2D eigenvalue weighted by molar-refractivity contribution is 8.76. The number of carbonyl (C=O) groups is 7. The number of nitrogens with two attached hydrogens (primary N) is 1. The largest absolute Gasteiger partial charge is 0.508 e. The van der Waals surface area contributed by atoms with Gasteiger partial charge < -0.3 is 31.7 Å². The normalized spacial score (nSPS) is 16.7. The van der Waals surface area contributed by atoms with Crippen LogP contribution in [0.2, 0.25) is 0 Å². The molecule has 4 atom stereocenters. The van der Waals surface area contributed by atoms with E-state index in [1.807, 2.05) is 0 Å². The summed E-state index contributed by atoms with van der Waals surface area (Å²) >= 11 is 0. The van der Waals surface area contributed by atoms with E-state index in [0.717, 1.165) is 50.5 Å². The summed E-state index contributed by atoms with van der Waals surface area (Å²) in [4.78, 5) is 86.0. The Morgan fingerprint density at radius 1 is 0.690 bits per heavy atom. The summed E-state index contributed by atoms with van der Waals surface area (Å²) in [6.07, 6.45) is 17.8. The van der Waals surface area contributed by atoms with Crippen molar-refractivity contribution in [2.24, 2.45) is 11.7 Å². The second kappa shape index (κ2) is 30.4. The maximum atomic E-state index is 13.2. The van der Waals surface area contributed by atoms with Gasteiger partial charge in [-0.1, -0.05) is 124 Å². The molecule has 1 heterocycles. The molecule has 3 amide bonds. The van der Waals surface area contributed by atoms with E-state index in [2.05, 4.69) is 16.0 Å². The first-order valence-electron chi connectivity index (χ1n) is 21.0. The molecule has 0 bridgehead atoms. The molecule has 0 radical (unpaired) electrons. The van der Waals surface area contributed by atoms with Crippen LogP contribution in [0, 0.1) is 5.92 Å². The van der Waals surface area contributed by atoms with Gasteiger partial charge in [-0.25, -0.2) is 4.79 Å². The van der Waals surface area contributed by atoms with Crippen molar-refractivity contribution in [2.45, 2.75) is 159 Å². The Kier molecular flexibility index (Phi) is 26.5. The zero-order valence-electron chi connectivity index (χ0n) is 33.9. The maximum absolute atomic E-state index is 13.2. The Bertz CT molecular complexity index is 1430. The fraction of sp³-hybridized carbons (Fsp3) is 0.690. The van der Waals surface area contributed by atoms with Gasteiger partial charge in [0.15, 0.2) is 11.6 Å². The zero-order chi connectivity index (χ0) is 42.5. The molecule has 58 heavy (non-hydrogen) atoms. The number of unbranched alkanes of at least 4 members (excludes halogenated alkanes) is 15. The van der Waals surface area contributed by atoms with Crippen molar-refractivity contribution in [3.05, 3.63) is 29.8 Å². The van der Waals surface area contributed by atoms with E-state index in [9.17, 15) is 43.8 Å². The number of carboxylic acids is 2. The Morgan fingerprint density at radius 3 is 1.72 bits per heavy atom. The SMILES string of the molecule is NC(=O)[C@H](Cc1ccc(O)cc1)NCC(=O)[C@@H]1CSSC[C@H](NC(=O)CCC(NC(=O)CCCCCCCCCCCCCCCCCCC(=O)O)C(=O)O)C(=O)C1. The minimum absolute atomic E-state index is 0.0826. The molecular formula is C42H66N4O10S2. The van der Waals surface area contributed by atoms with Gasteiger partial charge in [0.25, 0.3) is 0 Å². The number of carbonyl (C=O) groups excluding carboxylic acids is 5. The van der Waals surface area contributed by atoms with Crippen LogP contribution in [0.4, 0.5) is 0 Å². The Hall–Kier alpha value is -3.63. The van der Waals surface area contributed by atoms with Crippen LogP contribution in [0.15, 0.2) is 24.3 Å². The number of benzene rings is 1. The van der Waals surface area contributed by atoms with Gasteiger partial charge in [-0.3, -0.25) is 34.1 Å². The highest BCUT2D eigenvalue weighted by Crippen LogP contribution is 2.30. The van der Waals surface area contributed by atoms with Crippen LogP contribution < -0.4 is 21.7 Å². The fourth-order valence-electron chi connectivity index (χ4n) is 6.72. The van der Waals surface area contributed by atoms with Crippen LogP contribution >= 0.6 is 21.6 Å². The Labute approximate surface area is 351 Å². The van der Waals surface area contributed by atoms with Gasteiger partial charge in [-0.2, -0.15) is 0 Å². The van der Waals surface area contributed by atoms with Crippen molar-refractivity contribution < 1.29 is 48.9 Å². The van der Waals surface area contributed by atoms with Crippen molar-refractivity contribution in [2.75, 3.05) is 18.1 Å². The lowest BCUT2D eigenvalue weighted by atomic mass is 9.96. The molecule has 8 N–H and O–H groups in total. The van der Waals surface area contributed by atoms with Crippen molar-refractivity contribution >= 4 is 62.8 Å². The molecule has 0 saturated carbocycles. The lowest BCUT2D eigenvalue weighted by Gasteiger charge is -2.24. The standard InChI is InChI=1S/C42H66N4O10S2/c43-41(54)34(25-30-19-21-32(47)22-20-30)44-27-37(49)31-26-36(48)35(29-58-57-28-31)46-39(51)24-23-33(42(55)56)45-38(50)17-15-13-11-9-7-5-3-1-2-4-6-8-10-12-14-16-18-40(52)53/h19-22,31,33-35,44,47H,1-18,23-29H2,(H2,43,54)(H,45,50)(H,46,51)(H,52,53)(H,55,56)/t31-,33?,34-,35-/m0/s1. The van der Waals surface area contributed by atoms with Crippen molar-refractivity contribution in [1.29, 1.82) is 0 Å². The molecule has 2 rings (SSSR count). The molecule has 326 valence electrons. The first kappa shape index (κ1) is 50.5. The second-order valence-electron chi connectivity index (χ2n) is 15.3. The van der Waals surface area contributed by atoms with E-state index in [-0.39, 0.29) is 74.0 Å². The maximum Gasteiger partial charge on any atom is 0.326 e. The van der Waals surface area contributed by atoms with Gasteiger partial charge in [0.1, 0.15) is 11.8 Å². The number of ketones is 2. The average molecular weight is 851 g/mol. The van der Waals surface area contributed by atoms with Crippen LogP contribution in [-0.2, 0) is 40.0 Å². The van der Waals surface area contributed by atoms with Gasteiger partial charge in [0, 0.05) is 43.1 Å². The molecule has 16 heteroatoms. The minimum Gasteiger partial charge on any atom is -0.508 e. The van der Waals surface area contributed by atoms with Crippen molar-refractivity contribution in [3.8, 4) is 5.75 Å². The number of hydrogen-bond acceptors (Lipinski definition) is 11. The van der Waals surface area contributed by atoms with Gasteiger partial charge in [0.2, 0.25) is 17.7 Å². The summed E-state index contributed by atoms with van der Waals surface area (Å²) in [5, 5.41) is 35.9. The van der Waals surface area contributed by atoms with Crippen LogP contribution in [0.25, 0.3) is 0 Å². The number of Topliss-reactive ketones (excluding diaryl/α,β-unsaturated/α-hetero) is 2. The van der Waals surface area contributed by atoms with Crippen LogP contribution in [0.5, 0.6) is 5.75 Å². The molecule has 0 aliphatic carbocycles. The van der Waals surface area contributed by atoms with Crippen LogP contribution in [0.1, 0.15) is 140 Å².